The number of piperidine rings is 1. The lowest BCUT2D eigenvalue weighted by atomic mass is 10.1. The molecular formula is C16H20N4O3. The summed E-state index contributed by atoms with van der Waals surface area (Å²) in [4.78, 5) is 14.9. The van der Waals surface area contributed by atoms with Crippen LogP contribution >= 0.6 is 0 Å². The maximum absolute atomic E-state index is 11.5. The molecule has 23 heavy (non-hydrogen) atoms. The molecule has 2 aromatic rings. The van der Waals surface area contributed by atoms with Crippen LogP contribution in [0.15, 0.2) is 24.3 Å². The smallest absolute Gasteiger partial charge is 0.360 e. The van der Waals surface area contributed by atoms with E-state index in [9.17, 15) is 9.90 Å². The van der Waals surface area contributed by atoms with Gasteiger partial charge in [-0.1, -0.05) is 12.1 Å². The molecule has 0 aliphatic carbocycles. The fourth-order valence-corrected chi connectivity index (χ4v) is 2.76. The second-order valence-corrected chi connectivity index (χ2v) is 5.42. The van der Waals surface area contributed by atoms with Gasteiger partial charge in [-0.3, -0.25) is 0 Å². The number of anilines is 1. The number of carboxylic acid groups (broad SMARTS) is 1. The van der Waals surface area contributed by atoms with Crippen LogP contribution < -0.4 is 9.64 Å². The van der Waals surface area contributed by atoms with Crippen molar-refractivity contribution < 1.29 is 14.6 Å². The van der Waals surface area contributed by atoms with Crippen LogP contribution in [0.4, 0.5) is 5.82 Å². The summed E-state index contributed by atoms with van der Waals surface area (Å²) >= 11 is 0. The second kappa shape index (κ2) is 6.68. The molecule has 0 saturated carbocycles. The van der Waals surface area contributed by atoms with E-state index in [2.05, 4.69) is 10.2 Å². The number of hydrogen-bond acceptors (Lipinski definition) is 5. The highest BCUT2D eigenvalue weighted by atomic mass is 16.5. The van der Waals surface area contributed by atoms with Gasteiger partial charge in [-0.2, -0.15) is 0 Å². The zero-order valence-electron chi connectivity index (χ0n) is 13.1. The molecule has 1 aliphatic heterocycles. The molecule has 1 saturated heterocycles. The minimum absolute atomic E-state index is 0.0156. The molecule has 1 aliphatic rings. The Hall–Kier alpha value is -2.57. The van der Waals surface area contributed by atoms with Crippen molar-refractivity contribution in [1.82, 2.24) is 15.0 Å². The van der Waals surface area contributed by atoms with E-state index in [1.807, 2.05) is 36.1 Å². The van der Waals surface area contributed by atoms with E-state index in [0.29, 0.717) is 23.9 Å². The third kappa shape index (κ3) is 3.13. The third-order valence-corrected chi connectivity index (χ3v) is 3.83. The van der Waals surface area contributed by atoms with Crippen LogP contribution in [0, 0.1) is 0 Å². The number of hydrogen-bond donors (Lipinski definition) is 1. The number of aromatic carboxylic acids is 1. The summed E-state index contributed by atoms with van der Waals surface area (Å²) in [5.74, 6) is 0.00125. The molecule has 3 rings (SSSR count). The quantitative estimate of drug-likeness (QED) is 0.912. The van der Waals surface area contributed by atoms with Crippen LogP contribution in [-0.2, 0) is 0 Å². The molecule has 0 atom stereocenters. The molecule has 0 radical (unpaired) electrons. The van der Waals surface area contributed by atoms with E-state index in [0.717, 1.165) is 25.9 Å². The standard InChI is InChI=1S/C16H20N4O3/c1-2-23-13-9-5-4-8-12(13)20-17-14(16(21)22)15(18-20)19-10-6-3-7-11-19/h4-5,8-9H,2-3,6-7,10-11H2,1H3,(H,21,22). The number of carboxylic acids is 1. The number of nitrogens with zero attached hydrogens (tertiary/aromatic N) is 4. The molecule has 0 amide bonds. The zero-order chi connectivity index (χ0) is 16.2. The fraction of sp³-hybridized carbons (Fsp3) is 0.438. The number of benzene rings is 1. The Morgan fingerprint density at radius 2 is 1.96 bits per heavy atom. The lowest BCUT2D eigenvalue weighted by Gasteiger charge is -2.26. The van der Waals surface area contributed by atoms with Crippen molar-refractivity contribution in [2.45, 2.75) is 26.2 Å². The molecule has 0 spiro atoms. The van der Waals surface area contributed by atoms with Gasteiger partial charge < -0.3 is 14.7 Å². The van der Waals surface area contributed by atoms with Gasteiger partial charge in [0.25, 0.3) is 0 Å². The van der Waals surface area contributed by atoms with Crippen LogP contribution in [0.3, 0.4) is 0 Å². The number of aromatic nitrogens is 3. The van der Waals surface area contributed by atoms with Gasteiger partial charge in [-0.05, 0) is 38.3 Å². The molecule has 1 N–H and O–H groups in total. The summed E-state index contributed by atoms with van der Waals surface area (Å²) in [6, 6.07) is 7.35. The first-order valence-corrected chi connectivity index (χ1v) is 7.88. The topological polar surface area (TPSA) is 80.5 Å². The van der Waals surface area contributed by atoms with E-state index in [1.165, 1.54) is 11.2 Å². The first-order chi connectivity index (χ1) is 11.2. The Morgan fingerprint density at radius 3 is 2.65 bits per heavy atom. The van der Waals surface area contributed by atoms with E-state index in [-0.39, 0.29) is 5.69 Å². The van der Waals surface area contributed by atoms with Gasteiger partial charge in [-0.15, -0.1) is 15.0 Å². The molecule has 0 bridgehead atoms. The summed E-state index contributed by atoms with van der Waals surface area (Å²) in [5.41, 5.74) is 0.623. The van der Waals surface area contributed by atoms with E-state index >= 15 is 0 Å². The van der Waals surface area contributed by atoms with Crippen LogP contribution in [0.5, 0.6) is 5.75 Å². The largest absolute Gasteiger partial charge is 0.492 e. The zero-order valence-corrected chi connectivity index (χ0v) is 13.1. The Bertz CT molecular complexity index is 692. The van der Waals surface area contributed by atoms with Crippen molar-refractivity contribution in [1.29, 1.82) is 0 Å². The SMILES string of the molecule is CCOc1ccccc1-n1nc(C(=O)O)c(N2CCCCC2)n1. The molecule has 0 unspecified atom stereocenters. The van der Waals surface area contributed by atoms with Gasteiger partial charge in [0.05, 0.1) is 6.61 Å². The maximum atomic E-state index is 11.5. The minimum Gasteiger partial charge on any atom is -0.492 e. The van der Waals surface area contributed by atoms with Crippen molar-refractivity contribution in [2.75, 3.05) is 24.6 Å². The summed E-state index contributed by atoms with van der Waals surface area (Å²) in [6.07, 6.45) is 3.25. The van der Waals surface area contributed by atoms with Crippen LogP contribution in [0.2, 0.25) is 0 Å². The van der Waals surface area contributed by atoms with Crippen molar-refractivity contribution in [2.24, 2.45) is 0 Å². The molecule has 122 valence electrons. The second-order valence-electron chi connectivity index (χ2n) is 5.42. The normalized spacial score (nSPS) is 14.7. The lowest BCUT2D eigenvalue weighted by Crippen LogP contribution is -2.31. The van der Waals surface area contributed by atoms with Gasteiger partial charge in [0.15, 0.2) is 5.82 Å². The Morgan fingerprint density at radius 1 is 1.22 bits per heavy atom. The number of carbonyl (C=O) groups is 1. The van der Waals surface area contributed by atoms with Crippen LogP contribution in [0.1, 0.15) is 36.7 Å². The molecule has 1 fully saturated rings. The Balaban J connectivity index is 2.02. The number of ether oxygens (including phenoxy) is 1. The fourth-order valence-electron chi connectivity index (χ4n) is 2.76. The summed E-state index contributed by atoms with van der Waals surface area (Å²) in [5, 5.41) is 18.1. The average molecular weight is 316 g/mol. The Kier molecular flexibility index (Phi) is 4.45. The molecule has 7 nitrogen and oxygen atoms in total. The monoisotopic (exact) mass is 316 g/mol. The highest BCUT2D eigenvalue weighted by Gasteiger charge is 2.25. The van der Waals surface area contributed by atoms with E-state index in [1.54, 1.807) is 0 Å². The van der Waals surface area contributed by atoms with Crippen molar-refractivity contribution >= 4 is 11.8 Å². The molecule has 7 heteroatoms. The average Bonchev–Trinajstić information content (AvgIpc) is 3.02. The van der Waals surface area contributed by atoms with E-state index < -0.39 is 5.97 Å². The molecule has 1 aromatic heterocycles. The lowest BCUT2D eigenvalue weighted by molar-refractivity contribution is 0.0690. The van der Waals surface area contributed by atoms with Crippen molar-refractivity contribution in [3.63, 3.8) is 0 Å². The molecule has 2 heterocycles. The summed E-state index contributed by atoms with van der Waals surface area (Å²) in [7, 11) is 0. The Labute approximate surface area is 134 Å². The van der Waals surface area contributed by atoms with Gasteiger partial charge >= 0.3 is 5.97 Å². The first kappa shape index (κ1) is 15.3. The van der Waals surface area contributed by atoms with E-state index in [4.69, 9.17) is 4.74 Å². The number of rotatable bonds is 5. The molecule has 1 aromatic carbocycles. The molecular weight excluding hydrogens is 296 g/mol. The van der Waals surface area contributed by atoms with Crippen LogP contribution in [0.25, 0.3) is 5.69 Å². The third-order valence-electron chi connectivity index (χ3n) is 3.83. The summed E-state index contributed by atoms with van der Waals surface area (Å²) in [6.45, 7) is 4.04. The van der Waals surface area contributed by atoms with Gasteiger partial charge in [-0.25, -0.2) is 4.79 Å². The van der Waals surface area contributed by atoms with Crippen LogP contribution in [-0.4, -0.2) is 45.8 Å². The minimum atomic E-state index is -1.06. The predicted molar refractivity (Wildman–Crippen MR) is 85.6 cm³/mol. The van der Waals surface area contributed by atoms with Gasteiger partial charge in [0.2, 0.25) is 5.69 Å². The predicted octanol–water partition coefficient (Wildman–Crippen LogP) is 2.35. The van der Waals surface area contributed by atoms with Crippen molar-refractivity contribution in [3.05, 3.63) is 30.0 Å². The highest BCUT2D eigenvalue weighted by molar-refractivity contribution is 5.91. The highest BCUT2D eigenvalue weighted by Crippen LogP contribution is 2.26. The maximum Gasteiger partial charge on any atom is 0.360 e. The first-order valence-electron chi connectivity index (χ1n) is 7.88. The number of para-hydroxylation sites is 2. The summed E-state index contributed by atoms with van der Waals surface area (Å²) < 4.78 is 5.58. The van der Waals surface area contributed by atoms with Gasteiger partial charge in [0.1, 0.15) is 11.4 Å². The van der Waals surface area contributed by atoms with Gasteiger partial charge in [0, 0.05) is 13.1 Å². The van der Waals surface area contributed by atoms with Crippen molar-refractivity contribution in [3.8, 4) is 11.4 Å².